The SMILES string of the molecule is CC(CC(=O)Nc1cccc(-c2nccn2C)c1)C(C)(C)C. The van der Waals surface area contributed by atoms with Crippen molar-refractivity contribution in [2.45, 2.75) is 34.1 Å². The van der Waals surface area contributed by atoms with E-state index in [0.29, 0.717) is 12.3 Å². The highest BCUT2D eigenvalue weighted by Crippen LogP contribution is 2.28. The third-order valence-electron chi connectivity index (χ3n) is 4.20. The molecule has 118 valence electrons. The molecule has 0 fully saturated rings. The molecule has 1 heterocycles. The molecule has 0 aliphatic carbocycles. The normalized spacial score (nSPS) is 13.0. The third kappa shape index (κ3) is 3.97. The van der Waals surface area contributed by atoms with E-state index in [2.05, 4.69) is 38.0 Å². The molecule has 1 aromatic heterocycles. The van der Waals surface area contributed by atoms with Crippen molar-refractivity contribution in [3.05, 3.63) is 36.7 Å². The van der Waals surface area contributed by atoms with Crippen LogP contribution in [0.3, 0.4) is 0 Å². The summed E-state index contributed by atoms with van der Waals surface area (Å²) in [5, 5.41) is 2.99. The minimum atomic E-state index is 0.0550. The van der Waals surface area contributed by atoms with Crippen LogP contribution < -0.4 is 5.32 Å². The van der Waals surface area contributed by atoms with Crippen LogP contribution >= 0.6 is 0 Å². The van der Waals surface area contributed by atoms with E-state index in [1.54, 1.807) is 6.20 Å². The third-order valence-corrected chi connectivity index (χ3v) is 4.20. The number of nitrogens with zero attached hydrogens (tertiary/aromatic N) is 2. The summed E-state index contributed by atoms with van der Waals surface area (Å²) in [4.78, 5) is 16.5. The van der Waals surface area contributed by atoms with E-state index < -0.39 is 0 Å². The van der Waals surface area contributed by atoms with Crippen molar-refractivity contribution in [3.63, 3.8) is 0 Å². The van der Waals surface area contributed by atoms with Crippen LogP contribution in [0.15, 0.2) is 36.7 Å². The van der Waals surface area contributed by atoms with Gasteiger partial charge in [-0.1, -0.05) is 39.8 Å². The standard InChI is InChI=1S/C18H25N3O/c1-13(18(2,3)4)11-16(22)20-15-8-6-7-14(12-15)17-19-9-10-21(17)5/h6-10,12-13H,11H2,1-5H3,(H,20,22). The smallest absolute Gasteiger partial charge is 0.224 e. The lowest BCUT2D eigenvalue weighted by atomic mass is 9.80. The highest BCUT2D eigenvalue weighted by Gasteiger charge is 2.22. The Kier molecular flexibility index (Phi) is 4.69. The van der Waals surface area contributed by atoms with E-state index in [1.165, 1.54) is 0 Å². The second-order valence-electron chi connectivity index (χ2n) is 6.96. The highest BCUT2D eigenvalue weighted by atomic mass is 16.1. The Labute approximate surface area is 132 Å². The Hall–Kier alpha value is -2.10. The van der Waals surface area contributed by atoms with Crippen LogP contribution in [0.25, 0.3) is 11.4 Å². The molecule has 1 unspecified atom stereocenters. The average molecular weight is 299 g/mol. The Morgan fingerprint density at radius 2 is 2.09 bits per heavy atom. The number of hydrogen-bond acceptors (Lipinski definition) is 2. The first-order valence-electron chi connectivity index (χ1n) is 7.65. The monoisotopic (exact) mass is 299 g/mol. The van der Waals surface area contributed by atoms with E-state index in [1.807, 2.05) is 42.1 Å². The fourth-order valence-corrected chi connectivity index (χ4v) is 2.18. The van der Waals surface area contributed by atoms with Gasteiger partial charge in [0.05, 0.1) is 0 Å². The van der Waals surface area contributed by atoms with Gasteiger partial charge in [0.15, 0.2) is 0 Å². The van der Waals surface area contributed by atoms with Crippen molar-refractivity contribution >= 4 is 11.6 Å². The average Bonchev–Trinajstić information content (AvgIpc) is 2.84. The lowest BCUT2D eigenvalue weighted by molar-refractivity contribution is -0.117. The fraction of sp³-hybridized carbons (Fsp3) is 0.444. The van der Waals surface area contributed by atoms with Crippen molar-refractivity contribution in [3.8, 4) is 11.4 Å². The number of anilines is 1. The second kappa shape index (κ2) is 6.34. The molecule has 0 aliphatic heterocycles. The van der Waals surface area contributed by atoms with Gasteiger partial charge in [0.2, 0.25) is 5.91 Å². The summed E-state index contributed by atoms with van der Waals surface area (Å²) < 4.78 is 1.96. The van der Waals surface area contributed by atoms with Gasteiger partial charge in [-0.2, -0.15) is 0 Å². The van der Waals surface area contributed by atoms with Crippen LogP contribution in [0.4, 0.5) is 5.69 Å². The summed E-state index contributed by atoms with van der Waals surface area (Å²) in [5.74, 6) is 1.27. The van der Waals surface area contributed by atoms with Crippen LogP contribution in [0.2, 0.25) is 0 Å². The van der Waals surface area contributed by atoms with Gasteiger partial charge in [0.1, 0.15) is 5.82 Å². The summed E-state index contributed by atoms with van der Waals surface area (Å²) >= 11 is 0. The maximum Gasteiger partial charge on any atom is 0.224 e. The number of imidazole rings is 1. The summed E-state index contributed by atoms with van der Waals surface area (Å²) in [6, 6.07) is 7.80. The number of nitrogens with one attached hydrogen (secondary N) is 1. The molecular formula is C18H25N3O. The summed E-state index contributed by atoms with van der Waals surface area (Å²) in [6.07, 6.45) is 4.20. The molecule has 2 aromatic rings. The number of carbonyl (C=O) groups excluding carboxylic acids is 1. The lowest BCUT2D eigenvalue weighted by Gasteiger charge is -2.26. The molecule has 0 saturated heterocycles. The summed E-state index contributed by atoms with van der Waals surface area (Å²) in [6.45, 7) is 8.59. The van der Waals surface area contributed by atoms with Crippen molar-refractivity contribution in [1.29, 1.82) is 0 Å². The van der Waals surface area contributed by atoms with Crippen LogP contribution in [0, 0.1) is 11.3 Å². The van der Waals surface area contributed by atoms with E-state index >= 15 is 0 Å². The number of hydrogen-bond donors (Lipinski definition) is 1. The van der Waals surface area contributed by atoms with Crippen LogP contribution in [0.1, 0.15) is 34.1 Å². The second-order valence-corrected chi connectivity index (χ2v) is 6.96. The molecule has 0 aliphatic rings. The van der Waals surface area contributed by atoms with Gasteiger partial charge >= 0.3 is 0 Å². The molecule has 1 amide bonds. The van der Waals surface area contributed by atoms with Crippen LogP contribution in [0.5, 0.6) is 0 Å². The molecule has 0 radical (unpaired) electrons. The first kappa shape index (κ1) is 16.3. The predicted molar refractivity (Wildman–Crippen MR) is 90.5 cm³/mol. The summed E-state index contributed by atoms with van der Waals surface area (Å²) in [5.41, 5.74) is 1.94. The molecule has 4 heteroatoms. The van der Waals surface area contributed by atoms with E-state index in [4.69, 9.17) is 0 Å². The number of carbonyl (C=O) groups is 1. The first-order chi connectivity index (χ1) is 10.3. The zero-order chi connectivity index (χ0) is 16.3. The molecule has 1 atom stereocenters. The van der Waals surface area contributed by atoms with E-state index in [0.717, 1.165) is 17.1 Å². The van der Waals surface area contributed by atoms with Crippen molar-refractivity contribution in [1.82, 2.24) is 9.55 Å². The molecule has 22 heavy (non-hydrogen) atoms. The lowest BCUT2D eigenvalue weighted by Crippen LogP contribution is -2.23. The maximum atomic E-state index is 12.2. The molecule has 0 bridgehead atoms. The topological polar surface area (TPSA) is 46.9 Å². The van der Waals surface area contributed by atoms with Crippen molar-refractivity contribution in [2.75, 3.05) is 5.32 Å². The molecule has 2 rings (SSSR count). The van der Waals surface area contributed by atoms with Gasteiger partial charge in [0.25, 0.3) is 0 Å². The molecule has 4 nitrogen and oxygen atoms in total. The number of aryl methyl sites for hydroxylation is 1. The van der Waals surface area contributed by atoms with Gasteiger partial charge in [-0.15, -0.1) is 0 Å². The van der Waals surface area contributed by atoms with Gasteiger partial charge in [-0.05, 0) is 23.5 Å². The number of aromatic nitrogens is 2. The molecule has 1 N–H and O–H groups in total. The Balaban J connectivity index is 2.08. The number of amides is 1. The molecule has 0 spiro atoms. The first-order valence-corrected chi connectivity index (χ1v) is 7.65. The van der Waals surface area contributed by atoms with Gasteiger partial charge in [-0.3, -0.25) is 4.79 Å². The van der Waals surface area contributed by atoms with E-state index in [-0.39, 0.29) is 11.3 Å². The number of benzene rings is 1. The van der Waals surface area contributed by atoms with E-state index in [9.17, 15) is 4.79 Å². The quantitative estimate of drug-likeness (QED) is 0.924. The Bertz CT molecular complexity index is 652. The minimum absolute atomic E-state index is 0.0550. The maximum absolute atomic E-state index is 12.2. The van der Waals surface area contributed by atoms with Crippen molar-refractivity contribution < 1.29 is 4.79 Å². The molecule has 1 aromatic carbocycles. The minimum Gasteiger partial charge on any atom is -0.334 e. The largest absolute Gasteiger partial charge is 0.334 e. The van der Waals surface area contributed by atoms with Crippen LogP contribution in [-0.4, -0.2) is 15.5 Å². The fourth-order valence-electron chi connectivity index (χ4n) is 2.18. The van der Waals surface area contributed by atoms with Gasteiger partial charge in [-0.25, -0.2) is 4.98 Å². The zero-order valence-electron chi connectivity index (χ0n) is 14.1. The zero-order valence-corrected chi connectivity index (χ0v) is 14.1. The van der Waals surface area contributed by atoms with Gasteiger partial charge < -0.3 is 9.88 Å². The van der Waals surface area contributed by atoms with Crippen molar-refractivity contribution in [2.24, 2.45) is 18.4 Å². The molecular weight excluding hydrogens is 274 g/mol. The molecule has 0 saturated carbocycles. The number of rotatable bonds is 4. The van der Waals surface area contributed by atoms with Crippen LogP contribution in [-0.2, 0) is 11.8 Å². The Morgan fingerprint density at radius 1 is 1.36 bits per heavy atom. The predicted octanol–water partition coefficient (Wildman–Crippen LogP) is 4.10. The summed E-state index contributed by atoms with van der Waals surface area (Å²) in [7, 11) is 1.96. The highest BCUT2D eigenvalue weighted by molar-refractivity contribution is 5.91. The Morgan fingerprint density at radius 3 is 2.68 bits per heavy atom. The van der Waals surface area contributed by atoms with Gasteiger partial charge in [0, 0.05) is 37.1 Å².